The summed E-state index contributed by atoms with van der Waals surface area (Å²) in [7, 11) is 0. The SMILES string of the molecule is Nc1cccnc1N(C1CC1)C1CCSC1. The second-order valence-electron chi connectivity index (χ2n) is 4.57. The maximum atomic E-state index is 6.04. The molecule has 3 rings (SSSR count). The minimum Gasteiger partial charge on any atom is -0.396 e. The van der Waals surface area contributed by atoms with Crippen LogP contribution >= 0.6 is 11.8 Å². The van der Waals surface area contributed by atoms with Crippen LogP contribution in [-0.2, 0) is 0 Å². The van der Waals surface area contributed by atoms with Crippen LogP contribution in [0.25, 0.3) is 0 Å². The Balaban J connectivity index is 1.90. The van der Waals surface area contributed by atoms with Crippen molar-refractivity contribution in [2.45, 2.75) is 31.3 Å². The first-order chi connectivity index (χ1) is 7.86. The fraction of sp³-hybridized carbons (Fsp3) is 0.583. The van der Waals surface area contributed by atoms with Gasteiger partial charge in [-0.1, -0.05) is 0 Å². The third-order valence-electron chi connectivity index (χ3n) is 3.30. The highest BCUT2D eigenvalue weighted by Crippen LogP contribution is 2.38. The quantitative estimate of drug-likeness (QED) is 0.871. The molecule has 1 aliphatic heterocycles. The third-order valence-corrected chi connectivity index (χ3v) is 4.45. The highest BCUT2D eigenvalue weighted by atomic mass is 32.2. The number of thioether (sulfide) groups is 1. The van der Waals surface area contributed by atoms with E-state index in [4.69, 9.17) is 5.73 Å². The molecule has 1 unspecified atom stereocenters. The van der Waals surface area contributed by atoms with Crippen LogP contribution in [0.4, 0.5) is 11.5 Å². The van der Waals surface area contributed by atoms with Gasteiger partial charge in [0.15, 0.2) is 5.82 Å². The second kappa shape index (κ2) is 4.17. The molecule has 0 amide bonds. The number of nitrogens with zero attached hydrogens (tertiary/aromatic N) is 2. The number of aromatic nitrogens is 1. The molecule has 0 radical (unpaired) electrons. The predicted octanol–water partition coefficient (Wildman–Crippen LogP) is 2.14. The molecule has 4 heteroatoms. The number of anilines is 2. The molecule has 0 bridgehead atoms. The highest BCUT2D eigenvalue weighted by molar-refractivity contribution is 7.99. The molecule has 1 saturated heterocycles. The molecule has 2 fully saturated rings. The van der Waals surface area contributed by atoms with E-state index in [0.717, 1.165) is 11.5 Å². The number of pyridine rings is 1. The summed E-state index contributed by atoms with van der Waals surface area (Å²) in [5.41, 5.74) is 6.87. The number of nitrogen functional groups attached to an aromatic ring is 1. The van der Waals surface area contributed by atoms with E-state index in [0.29, 0.717) is 12.1 Å². The van der Waals surface area contributed by atoms with E-state index >= 15 is 0 Å². The van der Waals surface area contributed by atoms with Crippen LogP contribution in [0.1, 0.15) is 19.3 Å². The molecule has 0 aromatic carbocycles. The summed E-state index contributed by atoms with van der Waals surface area (Å²) in [6.45, 7) is 0. The van der Waals surface area contributed by atoms with Crippen molar-refractivity contribution in [2.24, 2.45) is 0 Å². The van der Waals surface area contributed by atoms with E-state index in [1.807, 2.05) is 30.1 Å². The normalized spacial score (nSPS) is 24.6. The van der Waals surface area contributed by atoms with E-state index < -0.39 is 0 Å². The molecule has 1 saturated carbocycles. The minimum atomic E-state index is 0.648. The fourth-order valence-corrected chi connectivity index (χ4v) is 3.57. The summed E-state index contributed by atoms with van der Waals surface area (Å²) >= 11 is 2.05. The van der Waals surface area contributed by atoms with E-state index in [-0.39, 0.29) is 0 Å². The topological polar surface area (TPSA) is 42.1 Å². The van der Waals surface area contributed by atoms with Gasteiger partial charge in [0.2, 0.25) is 0 Å². The Hall–Kier alpha value is -0.900. The van der Waals surface area contributed by atoms with Crippen LogP contribution in [0, 0.1) is 0 Å². The lowest BCUT2D eigenvalue weighted by Gasteiger charge is -2.30. The summed E-state index contributed by atoms with van der Waals surface area (Å²) in [5, 5.41) is 0. The molecular weight excluding hydrogens is 218 g/mol. The van der Waals surface area contributed by atoms with Crippen molar-refractivity contribution < 1.29 is 0 Å². The lowest BCUT2D eigenvalue weighted by atomic mass is 10.2. The molecular formula is C12H17N3S. The van der Waals surface area contributed by atoms with Gasteiger partial charge in [-0.25, -0.2) is 4.98 Å². The smallest absolute Gasteiger partial charge is 0.152 e. The van der Waals surface area contributed by atoms with Gasteiger partial charge in [-0.3, -0.25) is 0 Å². The molecule has 86 valence electrons. The zero-order valence-electron chi connectivity index (χ0n) is 9.30. The maximum Gasteiger partial charge on any atom is 0.152 e. The molecule has 1 aromatic rings. The van der Waals surface area contributed by atoms with E-state index in [1.165, 1.54) is 30.8 Å². The van der Waals surface area contributed by atoms with Crippen LogP contribution in [0.3, 0.4) is 0 Å². The Labute approximate surface area is 100 Å². The molecule has 2 heterocycles. The van der Waals surface area contributed by atoms with Crippen molar-refractivity contribution in [3.8, 4) is 0 Å². The van der Waals surface area contributed by atoms with Crippen molar-refractivity contribution in [3.05, 3.63) is 18.3 Å². The lowest BCUT2D eigenvalue weighted by molar-refractivity contribution is 0.633. The van der Waals surface area contributed by atoms with Crippen LogP contribution < -0.4 is 10.6 Å². The van der Waals surface area contributed by atoms with Crippen LogP contribution in [0.15, 0.2) is 18.3 Å². The number of hydrogen-bond donors (Lipinski definition) is 1. The monoisotopic (exact) mass is 235 g/mol. The van der Waals surface area contributed by atoms with Crippen molar-refractivity contribution in [3.63, 3.8) is 0 Å². The molecule has 1 aromatic heterocycles. The van der Waals surface area contributed by atoms with Crippen LogP contribution in [-0.4, -0.2) is 28.6 Å². The fourth-order valence-electron chi connectivity index (χ4n) is 2.36. The van der Waals surface area contributed by atoms with Gasteiger partial charge < -0.3 is 10.6 Å². The lowest BCUT2D eigenvalue weighted by Crippen LogP contribution is -2.38. The minimum absolute atomic E-state index is 0.648. The van der Waals surface area contributed by atoms with Gasteiger partial charge in [0, 0.05) is 24.0 Å². The van der Waals surface area contributed by atoms with Crippen LogP contribution in [0.2, 0.25) is 0 Å². The number of nitrogens with two attached hydrogens (primary N) is 1. The standard InChI is InChI=1S/C12H17N3S/c13-11-2-1-6-14-12(11)15(9-3-4-9)10-5-7-16-8-10/h1-2,6,9-10H,3-5,7-8,13H2. The third kappa shape index (κ3) is 1.86. The Morgan fingerprint density at radius 1 is 1.31 bits per heavy atom. The molecule has 0 spiro atoms. The molecule has 2 aliphatic rings. The number of rotatable bonds is 3. The summed E-state index contributed by atoms with van der Waals surface area (Å²) in [5.74, 6) is 3.52. The van der Waals surface area contributed by atoms with E-state index in [2.05, 4.69) is 9.88 Å². The van der Waals surface area contributed by atoms with E-state index in [1.54, 1.807) is 0 Å². The Bertz CT molecular complexity index is 372. The zero-order chi connectivity index (χ0) is 11.0. The molecule has 16 heavy (non-hydrogen) atoms. The molecule has 3 nitrogen and oxygen atoms in total. The summed E-state index contributed by atoms with van der Waals surface area (Å²) in [4.78, 5) is 6.96. The largest absolute Gasteiger partial charge is 0.396 e. The van der Waals surface area contributed by atoms with Gasteiger partial charge in [-0.2, -0.15) is 11.8 Å². The maximum absolute atomic E-state index is 6.04. The summed E-state index contributed by atoms with van der Waals surface area (Å²) < 4.78 is 0. The molecule has 2 N–H and O–H groups in total. The van der Waals surface area contributed by atoms with Gasteiger partial charge in [0.05, 0.1) is 5.69 Å². The van der Waals surface area contributed by atoms with Gasteiger partial charge in [0.1, 0.15) is 0 Å². The average Bonchev–Trinajstić information content (AvgIpc) is 2.97. The first-order valence-electron chi connectivity index (χ1n) is 5.93. The van der Waals surface area contributed by atoms with Crippen molar-refractivity contribution in [2.75, 3.05) is 22.1 Å². The first kappa shape index (κ1) is 10.3. The Morgan fingerprint density at radius 3 is 2.81 bits per heavy atom. The van der Waals surface area contributed by atoms with Crippen molar-refractivity contribution in [1.82, 2.24) is 4.98 Å². The first-order valence-corrected chi connectivity index (χ1v) is 7.08. The van der Waals surface area contributed by atoms with Crippen molar-refractivity contribution >= 4 is 23.3 Å². The van der Waals surface area contributed by atoms with Gasteiger partial charge in [-0.05, 0) is 37.1 Å². The van der Waals surface area contributed by atoms with Crippen LogP contribution in [0.5, 0.6) is 0 Å². The average molecular weight is 235 g/mol. The Kier molecular flexibility index (Phi) is 2.67. The van der Waals surface area contributed by atoms with Gasteiger partial charge in [0.25, 0.3) is 0 Å². The summed E-state index contributed by atoms with van der Waals surface area (Å²) in [6.07, 6.45) is 5.73. The zero-order valence-corrected chi connectivity index (χ0v) is 10.1. The van der Waals surface area contributed by atoms with E-state index in [9.17, 15) is 0 Å². The van der Waals surface area contributed by atoms with Gasteiger partial charge in [-0.15, -0.1) is 0 Å². The van der Waals surface area contributed by atoms with Crippen molar-refractivity contribution in [1.29, 1.82) is 0 Å². The second-order valence-corrected chi connectivity index (χ2v) is 5.72. The molecule has 1 aliphatic carbocycles. The molecule has 1 atom stereocenters. The van der Waals surface area contributed by atoms with Gasteiger partial charge >= 0.3 is 0 Å². The number of hydrogen-bond acceptors (Lipinski definition) is 4. The summed E-state index contributed by atoms with van der Waals surface area (Å²) in [6, 6.07) is 5.21. The Morgan fingerprint density at radius 2 is 2.19 bits per heavy atom. The highest BCUT2D eigenvalue weighted by Gasteiger charge is 2.36. The predicted molar refractivity (Wildman–Crippen MR) is 69.9 cm³/mol.